The lowest BCUT2D eigenvalue weighted by molar-refractivity contribution is 0.0930. The Bertz CT molecular complexity index is 451. The molecule has 98 valence electrons. The smallest absolute Gasteiger partial charge is 0.251 e. The van der Waals surface area contributed by atoms with E-state index >= 15 is 0 Å². The van der Waals surface area contributed by atoms with Gasteiger partial charge in [-0.05, 0) is 37.0 Å². The lowest BCUT2D eigenvalue weighted by Gasteiger charge is -2.18. The lowest BCUT2D eigenvalue weighted by atomic mass is 10.1. The summed E-state index contributed by atoms with van der Waals surface area (Å²) >= 11 is 11.7. The van der Waals surface area contributed by atoms with Crippen molar-refractivity contribution in [3.05, 3.63) is 28.8 Å². The molecule has 0 aliphatic heterocycles. The number of hydrogen-bond acceptors (Lipinski definition) is 2. The van der Waals surface area contributed by atoms with Gasteiger partial charge in [0.05, 0.1) is 5.02 Å². The fraction of sp³-hybridized carbons (Fsp3) is 0.462. The molecule has 1 amide bonds. The highest BCUT2D eigenvalue weighted by Crippen LogP contribution is 2.27. The van der Waals surface area contributed by atoms with Crippen molar-refractivity contribution in [2.45, 2.75) is 25.3 Å². The normalized spacial score (nSPS) is 23.0. The number of rotatable bonds is 3. The van der Waals surface area contributed by atoms with Gasteiger partial charge in [-0.2, -0.15) is 0 Å². The standard InChI is InChI=1S/C13H15Cl2NO2/c14-7-9-2-1-3-11(9)16-13(18)8-4-5-12(17)10(15)6-8/h4-6,9,11,17H,1-3,7H2,(H,16,18). The van der Waals surface area contributed by atoms with Gasteiger partial charge in [-0.1, -0.05) is 18.0 Å². The zero-order valence-electron chi connectivity index (χ0n) is 9.83. The number of phenolic OH excluding ortho intramolecular Hbond substituents is 1. The molecule has 0 bridgehead atoms. The predicted molar refractivity (Wildman–Crippen MR) is 72.4 cm³/mol. The minimum Gasteiger partial charge on any atom is -0.506 e. The van der Waals surface area contributed by atoms with Crippen molar-refractivity contribution in [1.29, 1.82) is 0 Å². The van der Waals surface area contributed by atoms with E-state index in [0.717, 1.165) is 19.3 Å². The van der Waals surface area contributed by atoms with Crippen molar-refractivity contribution in [3.8, 4) is 5.75 Å². The Labute approximate surface area is 116 Å². The first-order valence-corrected chi connectivity index (χ1v) is 6.88. The fourth-order valence-electron chi connectivity index (χ4n) is 2.31. The molecule has 0 saturated heterocycles. The second kappa shape index (κ2) is 5.81. The maximum absolute atomic E-state index is 12.0. The minimum atomic E-state index is -0.168. The van der Waals surface area contributed by atoms with Gasteiger partial charge in [-0.15, -0.1) is 11.6 Å². The molecule has 18 heavy (non-hydrogen) atoms. The van der Waals surface area contributed by atoms with Crippen LogP contribution >= 0.6 is 23.2 Å². The molecule has 2 N–H and O–H groups in total. The van der Waals surface area contributed by atoms with E-state index in [1.807, 2.05) is 0 Å². The molecule has 1 aromatic carbocycles. The van der Waals surface area contributed by atoms with Crippen LogP contribution in [0.3, 0.4) is 0 Å². The van der Waals surface area contributed by atoms with Gasteiger partial charge in [0.2, 0.25) is 0 Å². The molecule has 2 atom stereocenters. The van der Waals surface area contributed by atoms with Crippen molar-refractivity contribution in [3.63, 3.8) is 0 Å². The van der Waals surface area contributed by atoms with E-state index in [0.29, 0.717) is 17.4 Å². The molecule has 1 aliphatic rings. The number of alkyl halides is 1. The van der Waals surface area contributed by atoms with Crippen LogP contribution in [0.1, 0.15) is 29.6 Å². The van der Waals surface area contributed by atoms with Crippen LogP contribution in [-0.4, -0.2) is 22.9 Å². The number of carbonyl (C=O) groups excluding carboxylic acids is 1. The SMILES string of the molecule is O=C(NC1CCCC1CCl)c1ccc(O)c(Cl)c1. The Balaban J connectivity index is 2.05. The molecule has 1 aromatic rings. The summed E-state index contributed by atoms with van der Waals surface area (Å²) in [4.78, 5) is 12.0. The third-order valence-electron chi connectivity index (χ3n) is 3.38. The molecule has 2 rings (SSSR count). The summed E-state index contributed by atoms with van der Waals surface area (Å²) in [5.74, 6) is 0.733. The molecular formula is C13H15Cl2NO2. The van der Waals surface area contributed by atoms with Gasteiger partial charge in [0, 0.05) is 17.5 Å². The van der Waals surface area contributed by atoms with E-state index in [-0.39, 0.29) is 22.7 Å². The first-order chi connectivity index (χ1) is 8.61. The van der Waals surface area contributed by atoms with Gasteiger partial charge in [0.25, 0.3) is 5.91 Å². The molecule has 1 fully saturated rings. The van der Waals surface area contributed by atoms with Gasteiger partial charge in [0.1, 0.15) is 5.75 Å². The van der Waals surface area contributed by atoms with Crippen LogP contribution in [0.2, 0.25) is 5.02 Å². The average Bonchev–Trinajstić information content (AvgIpc) is 2.79. The zero-order chi connectivity index (χ0) is 13.1. The van der Waals surface area contributed by atoms with Gasteiger partial charge in [-0.3, -0.25) is 4.79 Å². The van der Waals surface area contributed by atoms with Crippen LogP contribution in [0.25, 0.3) is 0 Å². The summed E-state index contributed by atoms with van der Waals surface area (Å²) in [6.07, 6.45) is 3.12. The van der Waals surface area contributed by atoms with E-state index in [9.17, 15) is 9.90 Å². The summed E-state index contributed by atoms with van der Waals surface area (Å²) in [6, 6.07) is 4.59. The number of nitrogens with one attached hydrogen (secondary N) is 1. The summed E-state index contributed by atoms with van der Waals surface area (Å²) in [5, 5.41) is 12.5. The minimum absolute atomic E-state index is 0.0206. The molecule has 1 aliphatic carbocycles. The predicted octanol–water partition coefficient (Wildman–Crippen LogP) is 3.18. The summed E-state index contributed by atoms with van der Waals surface area (Å²) in [6.45, 7) is 0. The highest BCUT2D eigenvalue weighted by Gasteiger charge is 2.28. The van der Waals surface area contributed by atoms with Gasteiger partial charge < -0.3 is 10.4 Å². The Hall–Kier alpha value is -0.930. The molecule has 2 unspecified atom stereocenters. The number of carbonyl (C=O) groups is 1. The third kappa shape index (κ3) is 2.90. The first kappa shape index (κ1) is 13.5. The van der Waals surface area contributed by atoms with Crippen LogP contribution in [0, 0.1) is 5.92 Å². The molecular weight excluding hydrogens is 273 g/mol. The zero-order valence-corrected chi connectivity index (χ0v) is 11.3. The number of amides is 1. The first-order valence-electron chi connectivity index (χ1n) is 5.97. The van der Waals surface area contributed by atoms with Crippen molar-refractivity contribution in [1.82, 2.24) is 5.32 Å². The van der Waals surface area contributed by atoms with Gasteiger partial charge >= 0.3 is 0 Å². The Morgan fingerprint density at radius 2 is 2.22 bits per heavy atom. The van der Waals surface area contributed by atoms with E-state index in [2.05, 4.69) is 5.32 Å². The molecule has 5 heteroatoms. The molecule has 0 spiro atoms. The maximum Gasteiger partial charge on any atom is 0.251 e. The second-order valence-corrected chi connectivity index (χ2v) is 5.31. The number of phenols is 1. The lowest BCUT2D eigenvalue weighted by Crippen LogP contribution is -2.37. The average molecular weight is 288 g/mol. The van der Waals surface area contributed by atoms with Crippen LogP contribution in [-0.2, 0) is 0 Å². The summed E-state index contributed by atoms with van der Waals surface area (Å²) in [5.41, 5.74) is 0.457. The largest absolute Gasteiger partial charge is 0.506 e. The van der Waals surface area contributed by atoms with Gasteiger partial charge in [-0.25, -0.2) is 0 Å². The summed E-state index contributed by atoms with van der Waals surface area (Å²) < 4.78 is 0. The number of halogens is 2. The molecule has 0 heterocycles. The van der Waals surface area contributed by atoms with E-state index < -0.39 is 0 Å². The third-order valence-corrected chi connectivity index (χ3v) is 4.08. The second-order valence-electron chi connectivity index (χ2n) is 4.59. The summed E-state index contributed by atoms with van der Waals surface area (Å²) in [7, 11) is 0. The maximum atomic E-state index is 12.0. The van der Waals surface area contributed by atoms with E-state index in [4.69, 9.17) is 23.2 Å². The molecule has 3 nitrogen and oxygen atoms in total. The van der Waals surface area contributed by atoms with E-state index in [1.165, 1.54) is 12.1 Å². The quantitative estimate of drug-likeness (QED) is 0.839. The topological polar surface area (TPSA) is 49.3 Å². The van der Waals surface area contributed by atoms with E-state index in [1.54, 1.807) is 6.07 Å². The van der Waals surface area contributed by atoms with Crippen molar-refractivity contribution < 1.29 is 9.90 Å². The van der Waals surface area contributed by atoms with Crippen LogP contribution in [0.15, 0.2) is 18.2 Å². The molecule has 0 aromatic heterocycles. The Morgan fingerprint density at radius 3 is 2.89 bits per heavy atom. The monoisotopic (exact) mass is 287 g/mol. The van der Waals surface area contributed by atoms with Crippen LogP contribution < -0.4 is 5.32 Å². The highest BCUT2D eigenvalue weighted by atomic mass is 35.5. The highest BCUT2D eigenvalue weighted by molar-refractivity contribution is 6.32. The van der Waals surface area contributed by atoms with Crippen molar-refractivity contribution in [2.24, 2.45) is 5.92 Å². The van der Waals surface area contributed by atoms with Crippen molar-refractivity contribution in [2.75, 3.05) is 5.88 Å². The van der Waals surface area contributed by atoms with Gasteiger partial charge in [0.15, 0.2) is 0 Å². The van der Waals surface area contributed by atoms with Crippen molar-refractivity contribution >= 4 is 29.1 Å². The Kier molecular flexibility index (Phi) is 4.36. The van der Waals surface area contributed by atoms with Crippen LogP contribution in [0.4, 0.5) is 0 Å². The Morgan fingerprint density at radius 1 is 1.44 bits per heavy atom. The number of hydrogen-bond donors (Lipinski definition) is 2. The fourth-order valence-corrected chi connectivity index (χ4v) is 2.86. The number of aromatic hydroxyl groups is 1. The van der Waals surface area contributed by atoms with Crippen LogP contribution in [0.5, 0.6) is 5.75 Å². The molecule has 1 saturated carbocycles. The molecule has 0 radical (unpaired) electrons. The number of benzene rings is 1.